The van der Waals surface area contributed by atoms with Crippen molar-refractivity contribution in [1.29, 1.82) is 5.26 Å². The Bertz CT molecular complexity index is 998. The first-order chi connectivity index (χ1) is 16.8. The summed E-state index contributed by atoms with van der Waals surface area (Å²) in [4.78, 5) is 4.46. The maximum atomic E-state index is 11.1. The third-order valence-corrected chi connectivity index (χ3v) is 10.8. The molecule has 1 aromatic heterocycles. The number of aryl methyl sites for hydroxylation is 1. The van der Waals surface area contributed by atoms with Gasteiger partial charge in [-0.05, 0) is 131 Å². The van der Waals surface area contributed by atoms with Crippen molar-refractivity contribution < 1.29 is 9.84 Å². The first-order valence-corrected chi connectivity index (χ1v) is 14.1. The standard InChI is InChI=1S/C31H44N2O2/c1-5-35-19-31(34)15-13-24-23(17-31)8-9-26-25(24)12-14-30(4)27(10-11-28(26)30)20(2)16-22-7-6-21(3)33-29(22)18-32/h6-7,23-28,34H,2,5,8-17,19H2,1,3-4H3/t23?,24?,25-,26-,27-,28+,30-,31-/m1/s1. The van der Waals surface area contributed by atoms with Crippen molar-refractivity contribution in [2.75, 3.05) is 13.2 Å². The van der Waals surface area contributed by atoms with E-state index in [1.54, 1.807) is 0 Å². The predicted octanol–water partition coefficient (Wildman–Crippen LogP) is 6.40. The lowest BCUT2D eigenvalue weighted by atomic mass is 9.48. The van der Waals surface area contributed by atoms with Crippen molar-refractivity contribution in [2.45, 2.75) is 90.6 Å². The Balaban J connectivity index is 1.28. The molecular formula is C31H44N2O2. The molecule has 2 unspecified atom stereocenters. The summed E-state index contributed by atoms with van der Waals surface area (Å²) in [6.07, 6.45) is 11.6. The van der Waals surface area contributed by atoms with Crippen LogP contribution in [0.3, 0.4) is 0 Å². The number of nitrogens with zero attached hydrogens (tertiary/aromatic N) is 2. The molecule has 1 N–H and O–H groups in total. The number of fused-ring (bicyclic) bond motifs is 5. The predicted molar refractivity (Wildman–Crippen MR) is 139 cm³/mol. The largest absolute Gasteiger partial charge is 0.387 e. The number of pyridine rings is 1. The van der Waals surface area contributed by atoms with E-state index in [0.717, 1.165) is 54.2 Å². The van der Waals surface area contributed by atoms with E-state index in [1.807, 2.05) is 19.9 Å². The van der Waals surface area contributed by atoms with Crippen molar-refractivity contribution in [3.63, 3.8) is 0 Å². The summed E-state index contributed by atoms with van der Waals surface area (Å²) < 4.78 is 5.65. The molecule has 0 aromatic carbocycles. The van der Waals surface area contributed by atoms with E-state index in [1.165, 1.54) is 50.5 Å². The Morgan fingerprint density at radius 1 is 1.14 bits per heavy atom. The van der Waals surface area contributed by atoms with E-state index in [4.69, 9.17) is 4.74 Å². The van der Waals surface area contributed by atoms with Gasteiger partial charge in [0.15, 0.2) is 0 Å². The summed E-state index contributed by atoms with van der Waals surface area (Å²) in [7, 11) is 0. The highest BCUT2D eigenvalue weighted by atomic mass is 16.5. The molecule has 35 heavy (non-hydrogen) atoms. The van der Waals surface area contributed by atoms with Gasteiger partial charge in [0.2, 0.25) is 0 Å². The van der Waals surface area contributed by atoms with E-state index < -0.39 is 5.60 Å². The Morgan fingerprint density at radius 3 is 2.71 bits per heavy atom. The minimum absolute atomic E-state index is 0.334. The Labute approximate surface area is 212 Å². The highest BCUT2D eigenvalue weighted by Crippen LogP contribution is 2.65. The molecule has 8 atom stereocenters. The van der Waals surface area contributed by atoms with E-state index in [0.29, 0.717) is 36.2 Å². The van der Waals surface area contributed by atoms with Crippen LogP contribution in [0.4, 0.5) is 0 Å². The molecule has 0 bridgehead atoms. The van der Waals surface area contributed by atoms with Crippen molar-refractivity contribution in [3.05, 3.63) is 41.2 Å². The highest BCUT2D eigenvalue weighted by molar-refractivity contribution is 5.36. The quantitative estimate of drug-likeness (QED) is 0.483. The van der Waals surface area contributed by atoms with Gasteiger partial charge in [-0.15, -0.1) is 0 Å². The SMILES string of the molecule is C=C(Cc1ccc(C)nc1C#N)[C@H]1CC[C@H]2[C@@H]3CCC4C[C@@](O)(COCC)CCC4[C@H]3CC[C@]12C. The van der Waals surface area contributed by atoms with Gasteiger partial charge in [0.05, 0.1) is 12.2 Å². The lowest BCUT2D eigenvalue weighted by Crippen LogP contribution is -2.52. The maximum absolute atomic E-state index is 11.1. The molecule has 4 nitrogen and oxygen atoms in total. The van der Waals surface area contributed by atoms with Crippen molar-refractivity contribution in [2.24, 2.45) is 40.9 Å². The molecule has 4 heteroatoms. The molecule has 0 amide bonds. The summed E-state index contributed by atoms with van der Waals surface area (Å²) in [5.41, 5.74) is 3.54. The fourth-order valence-corrected chi connectivity index (χ4v) is 9.25. The zero-order chi connectivity index (χ0) is 24.8. The van der Waals surface area contributed by atoms with Crippen LogP contribution in [0.25, 0.3) is 0 Å². The maximum Gasteiger partial charge on any atom is 0.144 e. The molecule has 1 aromatic rings. The third kappa shape index (κ3) is 4.49. The molecule has 4 aliphatic carbocycles. The number of rotatable bonds is 6. The number of allylic oxidation sites excluding steroid dienone is 1. The zero-order valence-corrected chi connectivity index (χ0v) is 22.1. The van der Waals surface area contributed by atoms with Crippen molar-refractivity contribution in [3.8, 4) is 6.07 Å². The molecule has 0 saturated heterocycles. The van der Waals surface area contributed by atoms with Gasteiger partial charge >= 0.3 is 0 Å². The summed E-state index contributed by atoms with van der Waals surface area (Å²) in [5.74, 6) is 4.47. The number of aliphatic hydroxyl groups is 1. The first-order valence-electron chi connectivity index (χ1n) is 14.1. The number of ether oxygens (including phenoxy) is 1. The summed E-state index contributed by atoms with van der Waals surface area (Å²) in [6.45, 7) is 12.3. The molecular weight excluding hydrogens is 432 g/mol. The molecule has 4 fully saturated rings. The van der Waals surface area contributed by atoms with Crippen LogP contribution in [0.15, 0.2) is 24.3 Å². The second kappa shape index (κ2) is 9.64. The van der Waals surface area contributed by atoms with Gasteiger partial charge < -0.3 is 9.84 Å². The number of hydrogen-bond acceptors (Lipinski definition) is 4. The van der Waals surface area contributed by atoms with Gasteiger partial charge in [-0.25, -0.2) is 4.98 Å². The Kier molecular flexibility index (Phi) is 6.88. The normalized spacial score (nSPS) is 40.3. The number of nitriles is 1. The average molecular weight is 477 g/mol. The van der Waals surface area contributed by atoms with E-state index in [-0.39, 0.29) is 0 Å². The molecule has 5 rings (SSSR count). The van der Waals surface area contributed by atoms with Crippen LogP contribution in [0.2, 0.25) is 0 Å². The van der Waals surface area contributed by atoms with Crippen LogP contribution in [-0.4, -0.2) is 28.9 Å². The van der Waals surface area contributed by atoms with Crippen LogP contribution in [0.5, 0.6) is 0 Å². The van der Waals surface area contributed by atoms with Gasteiger partial charge in [-0.3, -0.25) is 0 Å². The molecule has 190 valence electrons. The molecule has 0 aliphatic heterocycles. The first kappa shape index (κ1) is 25.0. The second-order valence-electron chi connectivity index (χ2n) is 12.6. The molecule has 0 radical (unpaired) electrons. The molecule has 4 saturated carbocycles. The van der Waals surface area contributed by atoms with E-state index in [9.17, 15) is 10.4 Å². The smallest absolute Gasteiger partial charge is 0.144 e. The van der Waals surface area contributed by atoms with Gasteiger partial charge in [-0.2, -0.15) is 5.26 Å². The Morgan fingerprint density at radius 2 is 1.94 bits per heavy atom. The lowest BCUT2D eigenvalue weighted by Gasteiger charge is -2.57. The Hall–Kier alpha value is -1.70. The average Bonchev–Trinajstić information content (AvgIpc) is 3.21. The van der Waals surface area contributed by atoms with Crippen LogP contribution < -0.4 is 0 Å². The number of aromatic nitrogens is 1. The minimum Gasteiger partial charge on any atom is -0.387 e. The summed E-state index contributed by atoms with van der Waals surface area (Å²) >= 11 is 0. The summed E-state index contributed by atoms with van der Waals surface area (Å²) in [6, 6.07) is 6.40. The fourth-order valence-electron chi connectivity index (χ4n) is 9.25. The van der Waals surface area contributed by atoms with Crippen LogP contribution in [-0.2, 0) is 11.2 Å². The van der Waals surface area contributed by atoms with Crippen molar-refractivity contribution in [1.82, 2.24) is 4.98 Å². The topological polar surface area (TPSA) is 66.1 Å². The fraction of sp³-hybridized carbons (Fsp3) is 0.742. The second-order valence-corrected chi connectivity index (χ2v) is 12.6. The minimum atomic E-state index is -0.601. The third-order valence-electron chi connectivity index (χ3n) is 10.8. The van der Waals surface area contributed by atoms with E-state index >= 15 is 0 Å². The molecule has 4 aliphatic rings. The zero-order valence-electron chi connectivity index (χ0n) is 22.1. The molecule has 0 spiro atoms. The van der Waals surface area contributed by atoms with Crippen LogP contribution in [0, 0.1) is 59.2 Å². The monoisotopic (exact) mass is 476 g/mol. The van der Waals surface area contributed by atoms with Crippen LogP contribution >= 0.6 is 0 Å². The van der Waals surface area contributed by atoms with Crippen molar-refractivity contribution >= 4 is 0 Å². The van der Waals surface area contributed by atoms with Gasteiger partial charge in [0.25, 0.3) is 0 Å². The van der Waals surface area contributed by atoms with Gasteiger partial charge in [0, 0.05) is 12.3 Å². The highest BCUT2D eigenvalue weighted by Gasteiger charge is 2.58. The van der Waals surface area contributed by atoms with E-state index in [2.05, 4.69) is 30.6 Å². The molecule has 1 heterocycles. The summed E-state index contributed by atoms with van der Waals surface area (Å²) in [5, 5.41) is 20.7. The van der Waals surface area contributed by atoms with Gasteiger partial charge in [0.1, 0.15) is 11.8 Å². The lowest BCUT2D eigenvalue weighted by molar-refractivity contribution is -0.127. The van der Waals surface area contributed by atoms with Crippen LogP contribution in [0.1, 0.15) is 88.6 Å². The number of hydrogen-bond donors (Lipinski definition) is 1. The van der Waals surface area contributed by atoms with Gasteiger partial charge in [-0.1, -0.05) is 25.1 Å².